The summed E-state index contributed by atoms with van der Waals surface area (Å²) >= 11 is 0. The van der Waals surface area contributed by atoms with Crippen molar-refractivity contribution in [1.82, 2.24) is 5.32 Å². The third kappa shape index (κ3) is 2.75. The molecule has 0 aliphatic heterocycles. The van der Waals surface area contributed by atoms with Gasteiger partial charge in [0.1, 0.15) is 0 Å². The van der Waals surface area contributed by atoms with E-state index >= 15 is 0 Å². The molecule has 1 rings (SSSR count). The van der Waals surface area contributed by atoms with Crippen molar-refractivity contribution in [1.29, 1.82) is 0 Å². The number of nitrogens with one attached hydrogen (secondary N) is 1. The Kier molecular flexibility index (Phi) is 3.83. The lowest BCUT2D eigenvalue weighted by Crippen LogP contribution is -2.40. The van der Waals surface area contributed by atoms with Crippen LogP contribution in [0.2, 0.25) is 0 Å². The molecule has 13 heavy (non-hydrogen) atoms. The molecule has 3 atom stereocenters. The maximum absolute atomic E-state index is 3.76. The molecule has 0 radical (unpaired) electrons. The fraction of sp³-hybridized carbons (Fsp3) is 0.833. The quantitative estimate of drug-likeness (QED) is 0.705. The van der Waals surface area contributed by atoms with Crippen LogP contribution in [0.5, 0.6) is 0 Å². The predicted octanol–water partition coefficient (Wildman–Crippen LogP) is 3.18. The van der Waals surface area contributed by atoms with Crippen LogP contribution in [0.4, 0.5) is 0 Å². The Labute approximate surface area is 82.6 Å². The molecule has 0 aromatic heterocycles. The van der Waals surface area contributed by atoms with Crippen molar-refractivity contribution >= 4 is 0 Å². The topological polar surface area (TPSA) is 12.0 Å². The summed E-state index contributed by atoms with van der Waals surface area (Å²) in [4.78, 5) is 0. The van der Waals surface area contributed by atoms with Crippen LogP contribution in [0.1, 0.15) is 40.0 Å². The van der Waals surface area contributed by atoms with Crippen LogP contribution < -0.4 is 5.32 Å². The monoisotopic (exact) mass is 181 g/mol. The van der Waals surface area contributed by atoms with E-state index in [2.05, 4.69) is 32.7 Å². The Balaban J connectivity index is 2.54. The van der Waals surface area contributed by atoms with Crippen molar-refractivity contribution in [2.24, 2.45) is 17.8 Å². The van der Waals surface area contributed by atoms with Gasteiger partial charge in [-0.2, -0.15) is 0 Å². The van der Waals surface area contributed by atoms with E-state index in [1.165, 1.54) is 19.3 Å². The van der Waals surface area contributed by atoms with Gasteiger partial charge in [-0.05, 0) is 36.8 Å². The molecule has 0 saturated heterocycles. The van der Waals surface area contributed by atoms with E-state index in [1.807, 2.05) is 6.20 Å². The summed E-state index contributed by atoms with van der Waals surface area (Å²) in [6.45, 7) is 10.8. The van der Waals surface area contributed by atoms with E-state index < -0.39 is 0 Å². The van der Waals surface area contributed by atoms with Crippen LogP contribution in [0.25, 0.3) is 0 Å². The molecule has 1 aliphatic carbocycles. The molecule has 1 fully saturated rings. The standard InChI is InChI=1S/C12H23N/c1-5-13-12-8-10(4)6-7-11(12)9(2)3/h5,9-13H,1,6-8H2,2-4H3/t10-,11?,12?/m0/s1. The Hall–Kier alpha value is -0.460. The summed E-state index contributed by atoms with van der Waals surface area (Å²) in [5.74, 6) is 2.52. The Morgan fingerprint density at radius 2 is 2.08 bits per heavy atom. The van der Waals surface area contributed by atoms with Gasteiger partial charge in [0, 0.05) is 6.04 Å². The average Bonchev–Trinajstić information content (AvgIpc) is 2.04. The third-order valence-corrected chi connectivity index (χ3v) is 3.35. The summed E-state index contributed by atoms with van der Waals surface area (Å²) in [6, 6.07) is 0.668. The minimum Gasteiger partial charge on any atom is -0.388 e. The molecule has 0 aromatic carbocycles. The van der Waals surface area contributed by atoms with Crippen molar-refractivity contribution in [2.75, 3.05) is 0 Å². The highest BCUT2D eigenvalue weighted by Gasteiger charge is 2.29. The molecule has 0 heterocycles. The van der Waals surface area contributed by atoms with Gasteiger partial charge in [0.2, 0.25) is 0 Å². The fourth-order valence-electron chi connectivity index (χ4n) is 2.55. The molecule has 2 unspecified atom stereocenters. The third-order valence-electron chi connectivity index (χ3n) is 3.35. The van der Waals surface area contributed by atoms with Crippen LogP contribution in [-0.4, -0.2) is 6.04 Å². The first-order chi connectivity index (χ1) is 6.15. The normalized spacial score (nSPS) is 34.6. The Morgan fingerprint density at radius 3 is 2.62 bits per heavy atom. The smallest absolute Gasteiger partial charge is 0.0288 e. The highest BCUT2D eigenvalue weighted by molar-refractivity contribution is 4.87. The molecule has 1 aliphatic rings. The fourth-order valence-corrected chi connectivity index (χ4v) is 2.55. The van der Waals surface area contributed by atoms with E-state index in [-0.39, 0.29) is 0 Å². The van der Waals surface area contributed by atoms with Crippen LogP contribution in [-0.2, 0) is 0 Å². The van der Waals surface area contributed by atoms with Gasteiger partial charge in [-0.15, -0.1) is 0 Å². The van der Waals surface area contributed by atoms with Gasteiger partial charge < -0.3 is 5.32 Å². The largest absolute Gasteiger partial charge is 0.388 e. The van der Waals surface area contributed by atoms with E-state index in [4.69, 9.17) is 0 Å². The van der Waals surface area contributed by atoms with Crippen LogP contribution in [0, 0.1) is 17.8 Å². The molecule has 0 spiro atoms. The zero-order chi connectivity index (χ0) is 9.84. The SMILES string of the molecule is C=CNC1C[C@@H](C)CCC1C(C)C. The highest BCUT2D eigenvalue weighted by atomic mass is 14.9. The van der Waals surface area contributed by atoms with Gasteiger partial charge in [0.25, 0.3) is 0 Å². The lowest BCUT2D eigenvalue weighted by atomic mass is 9.74. The van der Waals surface area contributed by atoms with Crippen LogP contribution in [0.15, 0.2) is 12.8 Å². The van der Waals surface area contributed by atoms with Crippen molar-refractivity contribution in [3.63, 3.8) is 0 Å². The Morgan fingerprint density at radius 1 is 1.38 bits per heavy atom. The van der Waals surface area contributed by atoms with Crippen molar-refractivity contribution in [3.8, 4) is 0 Å². The predicted molar refractivity (Wildman–Crippen MR) is 58.5 cm³/mol. The van der Waals surface area contributed by atoms with E-state index in [1.54, 1.807) is 0 Å². The van der Waals surface area contributed by atoms with Gasteiger partial charge in [0.05, 0.1) is 0 Å². The number of rotatable bonds is 3. The second kappa shape index (κ2) is 4.69. The van der Waals surface area contributed by atoms with Gasteiger partial charge in [0.15, 0.2) is 0 Å². The van der Waals surface area contributed by atoms with Crippen LogP contribution >= 0.6 is 0 Å². The summed E-state index contributed by atoms with van der Waals surface area (Å²) in [7, 11) is 0. The summed E-state index contributed by atoms with van der Waals surface area (Å²) in [6.07, 6.45) is 5.95. The lowest BCUT2D eigenvalue weighted by Gasteiger charge is -2.37. The summed E-state index contributed by atoms with van der Waals surface area (Å²) in [5, 5.41) is 3.41. The van der Waals surface area contributed by atoms with Gasteiger partial charge in [-0.3, -0.25) is 0 Å². The second-order valence-electron chi connectivity index (χ2n) is 4.80. The molecule has 0 bridgehead atoms. The first kappa shape index (κ1) is 10.6. The maximum Gasteiger partial charge on any atom is 0.0288 e. The van der Waals surface area contributed by atoms with E-state index in [0.29, 0.717) is 6.04 Å². The van der Waals surface area contributed by atoms with Crippen molar-refractivity contribution in [3.05, 3.63) is 12.8 Å². The summed E-state index contributed by atoms with van der Waals surface area (Å²) < 4.78 is 0. The van der Waals surface area contributed by atoms with Crippen molar-refractivity contribution < 1.29 is 0 Å². The minimum atomic E-state index is 0.668. The van der Waals surface area contributed by atoms with Gasteiger partial charge in [-0.1, -0.05) is 33.8 Å². The first-order valence-electron chi connectivity index (χ1n) is 5.52. The van der Waals surface area contributed by atoms with Gasteiger partial charge >= 0.3 is 0 Å². The molecule has 76 valence electrons. The van der Waals surface area contributed by atoms with Gasteiger partial charge in [-0.25, -0.2) is 0 Å². The lowest BCUT2D eigenvalue weighted by molar-refractivity contribution is 0.181. The zero-order valence-corrected chi connectivity index (χ0v) is 9.22. The Bertz CT molecular complexity index is 163. The molecular weight excluding hydrogens is 158 g/mol. The van der Waals surface area contributed by atoms with Crippen molar-refractivity contribution in [2.45, 2.75) is 46.1 Å². The molecule has 0 amide bonds. The van der Waals surface area contributed by atoms with Crippen LogP contribution in [0.3, 0.4) is 0 Å². The molecule has 1 nitrogen and oxygen atoms in total. The zero-order valence-electron chi connectivity index (χ0n) is 9.22. The number of hydrogen-bond acceptors (Lipinski definition) is 1. The first-order valence-corrected chi connectivity index (χ1v) is 5.52. The number of hydrogen-bond donors (Lipinski definition) is 1. The highest BCUT2D eigenvalue weighted by Crippen LogP contribution is 2.33. The molecule has 1 N–H and O–H groups in total. The molecule has 1 heteroatoms. The molecule has 1 saturated carbocycles. The second-order valence-corrected chi connectivity index (χ2v) is 4.80. The average molecular weight is 181 g/mol. The summed E-state index contributed by atoms with van der Waals surface area (Å²) in [5.41, 5.74) is 0. The minimum absolute atomic E-state index is 0.668. The van der Waals surface area contributed by atoms with E-state index in [0.717, 1.165) is 17.8 Å². The molecule has 0 aromatic rings. The van der Waals surface area contributed by atoms with E-state index in [9.17, 15) is 0 Å². The maximum atomic E-state index is 3.76. The molecular formula is C12H23N.